The van der Waals surface area contributed by atoms with E-state index in [1.54, 1.807) is 6.08 Å². The van der Waals surface area contributed by atoms with Gasteiger partial charge in [0.05, 0.1) is 12.2 Å². The largest absolute Gasteiger partial charge is 0.393 e. The van der Waals surface area contributed by atoms with Gasteiger partial charge in [-0.15, -0.1) is 0 Å². The Kier molecular flexibility index (Phi) is 17.7. The molecule has 0 spiro atoms. The van der Waals surface area contributed by atoms with E-state index in [1.807, 2.05) is 24.8 Å². The van der Waals surface area contributed by atoms with E-state index in [4.69, 9.17) is 4.74 Å². The topological polar surface area (TPSA) is 119 Å². The SMILES string of the molecule is C=C1CCC(CC(O)C(=O)NC(CCCC(C)[C@H](O)C[C@H](O)C=CCCCCC)OCO)SC(C)[C@@H]1C. The lowest BCUT2D eigenvalue weighted by atomic mass is 9.93. The van der Waals surface area contributed by atoms with E-state index in [2.05, 4.69) is 32.7 Å². The molecule has 1 heterocycles. The monoisotopic (exact) mass is 543 g/mol. The summed E-state index contributed by atoms with van der Waals surface area (Å²) in [5.74, 6) is -0.116. The van der Waals surface area contributed by atoms with E-state index in [0.717, 1.165) is 32.1 Å². The number of aliphatic hydroxyl groups is 4. The molecule has 5 unspecified atom stereocenters. The van der Waals surface area contributed by atoms with Gasteiger partial charge in [0.2, 0.25) is 0 Å². The van der Waals surface area contributed by atoms with E-state index in [0.29, 0.717) is 36.9 Å². The smallest absolute Gasteiger partial charge is 0.250 e. The van der Waals surface area contributed by atoms with Crippen molar-refractivity contribution in [3.05, 3.63) is 24.3 Å². The van der Waals surface area contributed by atoms with Crippen molar-refractivity contribution in [2.45, 2.75) is 133 Å². The van der Waals surface area contributed by atoms with Crippen molar-refractivity contribution in [3.8, 4) is 0 Å². The van der Waals surface area contributed by atoms with Crippen LogP contribution in [0.25, 0.3) is 0 Å². The average Bonchev–Trinajstić information content (AvgIpc) is 2.97. The molecule has 1 rings (SSSR count). The average molecular weight is 544 g/mol. The van der Waals surface area contributed by atoms with Gasteiger partial charge in [-0.3, -0.25) is 4.79 Å². The maximum Gasteiger partial charge on any atom is 0.250 e. The quantitative estimate of drug-likeness (QED) is 0.0968. The van der Waals surface area contributed by atoms with Gasteiger partial charge in [0.1, 0.15) is 19.1 Å². The number of unbranched alkanes of at least 4 members (excludes halogenated alkanes) is 3. The van der Waals surface area contributed by atoms with Crippen molar-refractivity contribution >= 4 is 17.7 Å². The standard InChI is InChI=1S/C29H53NO6S/c1-6-7-8-9-10-13-24(32)17-26(33)21(3)12-11-14-28(36-19-31)30-29(35)27(34)18-25-16-15-20(2)22(4)23(5)37-25/h10,13,21-28,31-34H,2,6-9,11-12,14-19H2,1,3-5H3,(H,30,35)/t21?,22-,23?,24-,25?,26-,27?,28?/m1/s1. The Hall–Kier alpha value is -0.900. The first kappa shape index (κ1) is 34.1. The van der Waals surface area contributed by atoms with E-state index in [9.17, 15) is 25.2 Å². The highest BCUT2D eigenvalue weighted by Gasteiger charge is 2.29. The number of ether oxygens (including phenoxy) is 1. The molecule has 1 aliphatic rings. The summed E-state index contributed by atoms with van der Waals surface area (Å²) >= 11 is 1.81. The molecule has 0 aromatic carbocycles. The lowest BCUT2D eigenvalue weighted by Gasteiger charge is -2.24. The van der Waals surface area contributed by atoms with Crippen molar-refractivity contribution in [3.63, 3.8) is 0 Å². The summed E-state index contributed by atoms with van der Waals surface area (Å²) < 4.78 is 5.28. The van der Waals surface area contributed by atoms with Gasteiger partial charge in [-0.1, -0.05) is 64.8 Å². The number of aliphatic hydroxyl groups excluding tert-OH is 4. The van der Waals surface area contributed by atoms with Crippen LogP contribution in [0.1, 0.15) is 98.3 Å². The highest BCUT2D eigenvalue weighted by Crippen LogP contribution is 2.38. The van der Waals surface area contributed by atoms with Gasteiger partial charge in [0.25, 0.3) is 5.91 Å². The van der Waals surface area contributed by atoms with E-state index in [-0.39, 0.29) is 17.6 Å². The van der Waals surface area contributed by atoms with Gasteiger partial charge in [-0.05, 0) is 63.2 Å². The molecule has 0 radical (unpaired) electrons. The molecule has 0 aromatic rings. The normalized spacial score (nSPS) is 24.9. The van der Waals surface area contributed by atoms with E-state index >= 15 is 0 Å². The fourth-order valence-corrected chi connectivity index (χ4v) is 6.19. The Morgan fingerprint density at radius 2 is 1.95 bits per heavy atom. The Bertz CT molecular complexity index is 675. The molecule has 1 fully saturated rings. The van der Waals surface area contributed by atoms with Crippen LogP contribution in [0.2, 0.25) is 0 Å². The maximum atomic E-state index is 12.6. The molecule has 0 aliphatic carbocycles. The van der Waals surface area contributed by atoms with Crippen LogP contribution < -0.4 is 5.32 Å². The van der Waals surface area contributed by atoms with Gasteiger partial charge >= 0.3 is 0 Å². The zero-order chi connectivity index (χ0) is 27.8. The molecule has 0 bridgehead atoms. The fourth-order valence-electron chi connectivity index (χ4n) is 4.61. The van der Waals surface area contributed by atoms with E-state index in [1.165, 1.54) is 12.0 Å². The van der Waals surface area contributed by atoms with Crippen LogP contribution in [-0.2, 0) is 9.53 Å². The first-order chi connectivity index (χ1) is 17.6. The Labute approximate surface area is 229 Å². The van der Waals surface area contributed by atoms with Crippen LogP contribution in [0.15, 0.2) is 24.3 Å². The molecule has 5 N–H and O–H groups in total. The maximum absolute atomic E-state index is 12.6. The Morgan fingerprint density at radius 3 is 2.62 bits per heavy atom. The molecule has 1 aliphatic heterocycles. The molecule has 7 nitrogen and oxygen atoms in total. The van der Waals surface area contributed by atoms with Gasteiger partial charge in [-0.2, -0.15) is 11.8 Å². The number of rotatable bonds is 18. The number of carbonyl (C=O) groups is 1. The second-order valence-corrected chi connectivity index (χ2v) is 12.4. The molecular weight excluding hydrogens is 490 g/mol. The van der Waals surface area contributed by atoms with Crippen LogP contribution in [0.3, 0.4) is 0 Å². The molecule has 8 heteroatoms. The number of thioether (sulfide) groups is 1. The van der Waals surface area contributed by atoms with Crippen molar-refractivity contribution in [1.29, 1.82) is 0 Å². The van der Waals surface area contributed by atoms with Gasteiger partial charge in [0.15, 0.2) is 0 Å². The molecule has 216 valence electrons. The molecule has 37 heavy (non-hydrogen) atoms. The summed E-state index contributed by atoms with van der Waals surface area (Å²) in [5.41, 5.74) is 1.23. The third kappa shape index (κ3) is 14.2. The third-order valence-electron chi connectivity index (χ3n) is 7.51. The number of allylic oxidation sites excluding steroid dienone is 2. The highest BCUT2D eigenvalue weighted by atomic mass is 32.2. The summed E-state index contributed by atoms with van der Waals surface area (Å²) in [4.78, 5) is 12.6. The van der Waals surface area contributed by atoms with Crippen LogP contribution in [0, 0.1) is 11.8 Å². The van der Waals surface area contributed by atoms with Gasteiger partial charge in [0, 0.05) is 16.9 Å². The molecule has 0 aromatic heterocycles. The lowest BCUT2D eigenvalue weighted by Crippen LogP contribution is -2.44. The predicted octanol–water partition coefficient (Wildman–Crippen LogP) is 4.68. The number of carbonyl (C=O) groups excluding carboxylic acids is 1. The summed E-state index contributed by atoms with van der Waals surface area (Å²) in [6, 6.07) is 0. The summed E-state index contributed by atoms with van der Waals surface area (Å²) in [6.07, 6.45) is 9.20. The predicted molar refractivity (Wildman–Crippen MR) is 152 cm³/mol. The Balaban J connectivity index is 2.42. The van der Waals surface area contributed by atoms with Crippen molar-refractivity contribution in [2.24, 2.45) is 11.8 Å². The summed E-state index contributed by atoms with van der Waals surface area (Å²) in [7, 11) is 0. The van der Waals surface area contributed by atoms with Crippen molar-refractivity contribution < 1.29 is 30.0 Å². The van der Waals surface area contributed by atoms with Crippen molar-refractivity contribution in [1.82, 2.24) is 5.32 Å². The second kappa shape index (κ2) is 19.2. The minimum atomic E-state index is -1.14. The van der Waals surface area contributed by atoms with E-state index < -0.39 is 37.2 Å². The second-order valence-electron chi connectivity index (χ2n) is 10.7. The van der Waals surface area contributed by atoms with Crippen LogP contribution in [0.4, 0.5) is 0 Å². The molecule has 0 saturated carbocycles. The number of hydrogen-bond acceptors (Lipinski definition) is 7. The van der Waals surface area contributed by atoms with Crippen molar-refractivity contribution in [2.75, 3.05) is 6.79 Å². The first-order valence-corrected chi connectivity index (χ1v) is 15.1. The highest BCUT2D eigenvalue weighted by molar-refractivity contribution is 8.00. The van der Waals surface area contributed by atoms with Crippen LogP contribution in [-0.4, -0.2) is 68.2 Å². The minimum absolute atomic E-state index is 0.0365. The van der Waals surface area contributed by atoms with Gasteiger partial charge in [-0.25, -0.2) is 0 Å². The Morgan fingerprint density at radius 1 is 1.22 bits per heavy atom. The van der Waals surface area contributed by atoms with Gasteiger partial charge < -0.3 is 30.5 Å². The lowest BCUT2D eigenvalue weighted by molar-refractivity contribution is -0.138. The molecule has 1 amide bonds. The molecular formula is C29H53NO6S. The van der Waals surface area contributed by atoms with Crippen LogP contribution >= 0.6 is 11.8 Å². The first-order valence-electron chi connectivity index (χ1n) is 14.2. The summed E-state index contributed by atoms with van der Waals surface area (Å²) in [5, 5.41) is 43.7. The number of amides is 1. The minimum Gasteiger partial charge on any atom is -0.393 e. The fraction of sp³-hybridized carbons (Fsp3) is 0.828. The molecule has 1 saturated heterocycles. The zero-order valence-electron chi connectivity index (χ0n) is 23.5. The number of hydrogen-bond donors (Lipinski definition) is 5. The zero-order valence-corrected chi connectivity index (χ0v) is 24.3. The molecule has 8 atom stereocenters. The summed E-state index contributed by atoms with van der Waals surface area (Å²) in [6.45, 7) is 12.1. The third-order valence-corrected chi connectivity index (χ3v) is 9.16. The van der Waals surface area contributed by atoms with Crippen LogP contribution in [0.5, 0.6) is 0 Å². The number of nitrogens with one attached hydrogen (secondary N) is 1.